The van der Waals surface area contributed by atoms with Crippen molar-refractivity contribution < 1.29 is 27.4 Å². The van der Waals surface area contributed by atoms with Crippen LogP contribution in [0.4, 0.5) is 13.2 Å². The van der Waals surface area contributed by atoms with E-state index in [9.17, 15) is 18.0 Å². The number of carbonyl (C=O) groups excluding carboxylic acids is 1. The maximum atomic E-state index is 12.9. The first-order valence-electron chi connectivity index (χ1n) is 5.14. The molecule has 1 rings (SSSR count). The molecule has 1 saturated heterocycles. The minimum absolute atomic E-state index is 0.714. The van der Waals surface area contributed by atoms with Gasteiger partial charge in [-0.2, -0.15) is 13.2 Å². The van der Waals surface area contributed by atoms with Crippen LogP contribution in [0, 0.1) is 11.8 Å². The number of alkyl halides is 3. The summed E-state index contributed by atoms with van der Waals surface area (Å²) in [5.41, 5.74) is -2.36. The smallest absolute Gasteiger partial charge is 0.417 e. The molecule has 1 fully saturated rings. The minimum atomic E-state index is -4.55. The van der Waals surface area contributed by atoms with Gasteiger partial charge in [0, 0.05) is 11.8 Å². The lowest BCUT2D eigenvalue weighted by Crippen LogP contribution is -2.47. The summed E-state index contributed by atoms with van der Waals surface area (Å²) in [5, 5.41) is 0. The molecule has 0 spiro atoms. The van der Waals surface area contributed by atoms with Crippen LogP contribution in [0.2, 0.25) is 0 Å². The van der Waals surface area contributed by atoms with Gasteiger partial charge in [0.05, 0.1) is 7.11 Å². The molecule has 0 aromatic heterocycles. The molecule has 0 aromatic rings. The van der Waals surface area contributed by atoms with Crippen LogP contribution in [-0.2, 0) is 14.3 Å². The topological polar surface area (TPSA) is 35.5 Å². The van der Waals surface area contributed by atoms with Crippen LogP contribution in [0.15, 0.2) is 12.7 Å². The van der Waals surface area contributed by atoms with Gasteiger partial charge in [0.25, 0.3) is 0 Å². The van der Waals surface area contributed by atoms with E-state index in [4.69, 9.17) is 4.74 Å². The highest BCUT2D eigenvalue weighted by molar-refractivity contribution is 5.76. The second-order valence-corrected chi connectivity index (χ2v) is 4.27. The number of esters is 1. The Morgan fingerprint density at radius 1 is 1.53 bits per heavy atom. The first-order chi connectivity index (χ1) is 7.69. The Hall–Kier alpha value is -1.04. The number of methoxy groups -OCH3 is 1. The zero-order valence-electron chi connectivity index (χ0n) is 9.88. The first kappa shape index (κ1) is 14.0. The highest BCUT2D eigenvalue weighted by Crippen LogP contribution is 2.50. The molecule has 0 radical (unpaired) electrons. The summed E-state index contributed by atoms with van der Waals surface area (Å²) in [7, 11) is 1.11. The SMILES string of the molecule is C=C[C@H]1[C@@H](C(=O)OC)O[C@@](C)(C(F)(F)F)[C@H]1C. The first-order valence-corrected chi connectivity index (χ1v) is 5.14. The van der Waals surface area contributed by atoms with Gasteiger partial charge in [-0.15, -0.1) is 6.58 Å². The lowest BCUT2D eigenvalue weighted by Gasteiger charge is -2.31. The van der Waals surface area contributed by atoms with Crippen molar-refractivity contribution in [1.82, 2.24) is 0 Å². The van der Waals surface area contributed by atoms with Crippen molar-refractivity contribution >= 4 is 5.97 Å². The summed E-state index contributed by atoms with van der Waals surface area (Å²) < 4.78 is 48.2. The molecule has 0 N–H and O–H groups in total. The maximum absolute atomic E-state index is 12.9. The second kappa shape index (κ2) is 4.33. The summed E-state index contributed by atoms with van der Waals surface area (Å²) in [5.74, 6) is -2.42. The van der Waals surface area contributed by atoms with E-state index in [1.165, 1.54) is 13.0 Å². The fourth-order valence-electron chi connectivity index (χ4n) is 2.05. The zero-order valence-corrected chi connectivity index (χ0v) is 9.88. The van der Waals surface area contributed by atoms with Crippen molar-refractivity contribution in [2.45, 2.75) is 31.7 Å². The average molecular weight is 252 g/mol. The molecule has 4 atom stereocenters. The van der Waals surface area contributed by atoms with Gasteiger partial charge in [0.2, 0.25) is 0 Å². The Morgan fingerprint density at radius 3 is 2.41 bits per heavy atom. The molecule has 0 aromatic carbocycles. The van der Waals surface area contributed by atoms with E-state index in [1.54, 1.807) is 0 Å². The van der Waals surface area contributed by atoms with Crippen LogP contribution in [0.5, 0.6) is 0 Å². The molecule has 0 amide bonds. The number of halogens is 3. The van der Waals surface area contributed by atoms with Gasteiger partial charge < -0.3 is 9.47 Å². The second-order valence-electron chi connectivity index (χ2n) is 4.27. The maximum Gasteiger partial charge on any atom is 0.417 e. The van der Waals surface area contributed by atoms with Crippen molar-refractivity contribution in [3.63, 3.8) is 0 Å². The molecular weight excluding hydrogens is 237 g/mol. The number of carbonyl (C=O) groups is 1. The van der Waals surface area contributed by atoms with E-state index in [2.05, 4.69) is 11.3 Å². The zero-order chi connectivity index (χ0) is 13.4. The molecular formula is C11H15F3O3. The van der Waals surface area contributed by atoms with Crippen molar-refractivity contribution in [2.75, 3.05) is 7.11 Å². The van der Waals surface area contributed by atoms with E-state index in [-0.39, 0.29) is 0 Å². The molecule has 1 aliphatic rings. The average Bonchev–Trinajstić information content (AvgIpc) is 2.51. The molecule has 1 aliphatic heterocycles. The molecule has 1 heterocycles. The molecule has 6 heteroatoms. The van der Waals surface area contributed by atoms with Gasteiger partial charge in [-0.3, -0.25) is 0 Å². The summed E-state index contributed by atoms with van der Waals surface area (Å²) in [6, 6.07) is 0. The van der Waals surface area contributed by atoms with Gasteiger partial charge in [0.15, 0.2) is 11.7 Å². The van der Waals surface area contributed by atoms with Crippen LogP contribution < -0.4 is 0 Å². The summed E-state index contributed by atoms with van der Waals surface area (Å²) in [6.45, 7) is 5.79. The quantitative estimate of drug-likeness (QED) is 0.559. The van der Waals surface area contributed by atoms with Crippen molar-refractivity contribution in [2.24, 2.45) is 11.8 Å². The van der Waals surface area contributed by atoms with E-state index in [0.717, 1.165) is 14.0 Å². The Morgan fingerprint density at radius 2 is 2.06 bits per heavy atom. The van der Waals surface area contributed by atoms with E-state index in [1.807, 2.05) is 0 Å². The molecule has 0 aliphatic carbocycles. The highest BCUT2D eigenvalue weighted by Gasteiger charge is 2.64. The number of hydrogen-bond acceptors (Lipinski definition) is 3. The van der Waals surface area contributed by atoms with Crippen LogP contribution in [0.3, 0.4) is 0 Å². The number of rotatable bonds is 2. The lowest BCUT2D eigenvalue weighted by atomic mass is 9.81. The predicted octanol–water partition coefficient (Wildman–Crippen LogP) is 2.32. The molecule has 98 valence electrons. The summed E-state index contributed by atoms with van der Waals surface area (Å²) >= 11 is 0. The Kier molecular flexibility index (Phi) is 3.57. The van der Waals surface area contributed by atoms with Crippen LogP contribution in [0.25, 0.3) is 0 Å². The van der Waals surface area contributed by atoms with Crippen LogP contribution in [0.1, 0.15) is 13.8 Å². The largest absolute Gasteiger partial charge is 0.467 e. The molecule has 0 bridgehead atoms. The standard InChI is InChI=1S/C11H15F3O3/c1-5-7-6(2)10(3,11(12,13)14)17-8(7)9(15)16-4/h5-8H,1H2,2-4H3/t6-,7+,8-,10+/m0/s1. The van der Waals surface area contributed by atoms with Gasteiger partial charge in [0.1, 0.15) is 0 Å². The Bertz CT molecular complexity index is 326. The van der Waals surface area contributed by atoms with E-state index in [0.29, 0.717) is 0 Å². The normalized spacial score (nSPS) is 37.9. The van der Waals surface area contributed by atoms with Gasteiger partial charge >= 0.3 is 12.1 Å². The predicted molar refractivity (Wildman–Crippen MR) is 54.2 cm³/mol. The Labute approximate surface area is 97.6 Å². The third-order valence-corrected chi connectivity index (χ3v) is 3.44. The molecule has 0 saturated carbocycles. The number of hydrogen-bond donors (Lipinski definition) is 0. The molecule has 0 unspecified atom stereocenters. The summed E-state index contributed by atoms with van der Waals surface area (Å²) in [4.78, 5) is 11.4. The van der Waals surface area contributed by atoms with Crippen molar-refractivity contribution in [1.29, 1.82) is 0 Å². The van der Waals surface area contributed by atoms with Gasteiger partial charge in [-0.1, -0.05) is 13.0 Å². The third kappa shape index (κ3) is 2.06. The Balaban J connectivity index is 3.10. The van der Waals surface area contributed by atoms with E-state index >= 15 is 0 Å². The molecule has 3 nitrogen and oxygen atoms in total. The number of ether oxygens (including phenoxy) is 2. The fourth-order valence-corrected chi connectivity index (χ4v) is 2.05. The summed E-state index contributed by atoms with van der Waals surface area (Å²) in [6.07, 6.45) is -4.49. The van der Waals surface area contributed by atoms with Gasteiger partial charge in [-0.05, 0) is 6.92 Å². The minimum Gasteiger partial charge on any atom is -0.467 e. The third-order valence-electron chi connectivity index (χ3n) is 3.44. The van der Waals surface area contributed by atoms with Crippen molar-refractivity contribution in [3.8, 4) is 0 Å². The fraction of sp³-hybridized carbons (Fsp3) is 0.727. The van der Waals surface area contributed by atoms with Crippen molar-refractivity contribution in [3.05, 3.63) is 12.7 Å². The van der Waals surface area contributed by atoms with Crippen LogP contribution in [-0.4, -0.2) is 31.0 Å². The van der Waals surface area contributed by atoms with Gasteiger partial charge in [-0.25, -0.2) is 4.79 Å². The van der Waals surface area contributed by atoms with Crippen LogP contribution >= 0.6 is 0 Å². The van der Waals surface area contributed by atoms with E-state index < -0.39 is 35.7 Å². The highest BCUT2D eigenvalue weighted by atomic mass is 19.4. The lowest BCUT2D eigenvalue weighted by molar-refractivity contribution is -0.274. The molecule has 17 heavy (non-hydrogen) atoms. The monoisotopic (exact) mass is 252 g/mol.